The zero-order valence-corrected chi connectivity index (χ0v) is 48.5. The summed E-state index contributed by atoms with van der Waals surface area (Å²) in [7, 11) is 4.56. The van der Waals surface area contributed by atoms with Crippen LogP contribution in [0.2, 0.25) is 0 Å². The fourth-order valence-electron chi connectivity index (χ4n) is 14.9. The van der Waals surface area contributed by atoms with Gasteiger partial charge in [-0.25, -0.2) is 9.59 Å². The third kappa shape index (κ3) is 11.8. The van der Waals surface area contributed by atoms with Crippen molar-refractivity contribution >= 4 is 11.9 Å². The van der Waals surface area contributed by atoms with Gasteiger partial charge in [0.25, 0.3) is 0 Å². The van der Waals surface area contributed by atoms with E-state index in [0.717, 1.165) is 12.8 Å². The van der Waals surface area contributed by atoms with Gasteiger partial charge >= 0.3 is 11.9 Å². The molecule has 8 rings (SSSR count). The van der Waals surface area contributed by atoms with E-state index in [9.17, 15) is 40.2 Å². The van der Waals surface area contributed by atoms with Crippen LogP contribution in [0, 0.1) is 28.6 Å². The molecular formula is C58H92O21. The minimum Gasteiger partial charge on any atom is -0.459 e. The molecule has 7 fully saturated rings. The van der Waals surface area contributed by atoms with Crippen LogP contribution in [0.15, 0.2) is 34.9 Å². The fraction of sp³-hybridized carbons (Fsp3) is 0.862. The molecule has 0 unspecified atom stereocenters. The van der Waals surface area contributed by atoms with Crippen LogP contribution in [0.5, 0.6) is 0 Å². The van der Waals surface area contributed by atoms with Gasteiger partial charge in [-0.3, -0.25) is 0 Å². The summed E-state index contributed by atoms with van der Waals surface area (Å²) in [6.45, 7) is 18.1. The maximum Gasteiger partial charge on any atom is 0.333 e. The summed E-state index contributed by atoms with van der Waals surface area (Å²) in [5, 5.41) is 65.7. The lowest BCUT2D eigenvalue weighted by Gasteiger charge is -2.63. The van der Waals surface area contributed by atoms with Crippen molar-refractivity contribution in [2.24, 2.45) is 28.6 Å². The number of esters is 2. The van der Waals surface area contributed by atoms with Gasteiger partial charge in [-0.1, -0.05) is 37.6 Å². The predicted molar refractivity (Wildman–Crippen MR) is 280 cm³/mol. The van der Waals surface area contributed by atoms with Gasteiger partial charge < -0.3 is 92.2 Å². The summed E-state index contributed by atoms with van der Waals surface area (Å²) in [6.07, 6.45) is -8.06. The van der Waals surface area contributed by atoms with E-state index >= 15 is 0 Å². The Morgan fingerprint density at radius 2 is 1.28 bits per heavy atom. The summed E-state index contributed by atoms with van der Waals surface area (Å²) in [5.41, 5.74) is -0.0544. The number of carbonyl (C=O) groups is 2. The van der Waals surface area contributed by atoms with Crippen LogP contribution in [-0.2, 0) is 71.2 Å². The van der Waals surface area contributed by atoms with Gasteiger partial charge in [0, 0.05) is 56.7 Å². The largest absolute Gasteiger partial charge is 0.459 e. The zero-order valence-electron chi connectivity index (χ0n) is 48.5. The Kier molecular flexibility index (Phi) is 20.1. The lowest BCUT2D eigenvalue weighted by atomic mass is 9.44. The average Bonchev–Trinajstić information content (AvgIpc) is 3.60. The van der Waals surface area contributed by atoms with Gasteiger partial charge in [-0.15, -0.1) is 0 Å². The SMILES string of the molecule is C/C=C(\C)C(=O)O[C@@H](C)[C@H]1CC[C@]2(O)[C@@H]3CC=C4C[C@@H](O[C@H]5C[C@H](OC)[C@@H](O[C@H]6C[C@@H](OC)[C@@H](O[C@@H]7O[C@H](C)[C@@H](O[C@@H]8O[C@H](CO)[C@@H](O)[C@H](O)[C@H]8O)[C@@H](OC)[C@H]7O)[C@@H](C)O6)[C@@H](C)O5)CC[C@]4(C)[C@H]3C[C@@H](OC(=O)/C(C)=C/C)[C@]12C. The van der Waals surface area contributed by atoms with Crippen LogP contribution >= 0.6 is 0 Å². The minimum atomic E-state index is -1.67. The van der Waals surface area contributed by atoms with Gasteiger partial charge in [-0.05, 0) is 118 Å². The third-order valence-electron chi connectivity index (χ3n) is 20.0. The fourth-order valence-corrected chi connectivity index (χ4v) is 14.9. The van der Waals surface area contributed by atoms with Crippen LogP contribution in [0.1, 0.15) is 127 Å². The molecule has 0 aromatic heterocycles. The van der Waals surface area contributed by atoms with Gasteiger partial charge in [-0.2, -0.15) is 0 Å². The highest BCUT2D eigenvalue weighted by molar-refractivity contribution is 5.88. The molecule has 3 saturated carbocycles. The molecule has 4 saturated heterocycles. The molecule has 0 aromatic rings. The number of carbonyl (C=O) groups excluding carboxylic acids is 2. The van der Waals surface area contributed by atoms with Crippen molar-refractivity contribution in [1.29, 1.82) is 0 Å². The topological polar surface area (TPSA) is 276 Å². The minimum absolute atomic E-state index is 0.0192. The van der Waals surface area contributed by atoms with Crippen molar-refractivity contribution in [2.75, 3.05) is 27.9 Å². The van der Waals surface area contributed by atoms with E-state index in [2.05, 4.69) is 19.9 Å². The van der Waals surface area contributed by atoms with Gasteiger partial charge in [0.05, 0.1) is 48.8 Å². The number of hydrogen-bond donors (Lipinski definition) is 6. The summed E-state index contributed by atoms with van der Waals surface area (Å²) >= 11 is 0. The third-order valence-corrected chi connectivity index (χ3v) is 20.0. The Morgan fingerprint density at radius 3 is 1.89 bits per heavy atom. The number of fused-ring (bicyclic) bond motifs is 5. The second-order valence-electron chi connectivity index (χ2n) is 24.1. The van der Waals surface area contributed by atoms with Crippen molar-refractivity contribution in [3.8, 4) is 0 Å². The lowest BCUT2D eigenvalue weighted by molar-refractivity contribution is -0.373. The molecule has 4 heterocycles. The molecule has 27 atom stereocenters. The van der Waals surface area contributed by atoms with Crippen molar-refractivity contribution < 1.29 is 102 Å². The van der Waals surface area contributed by atoms with Crippen molar-refractivity contribution in [2.45, 2.75) is 262 Å². The van der Waals surface area contributed by atoms with Crippen LogP contribution in [-0.4, -0.2) is 205 Å². The number of aliphatic hydroxyl groups excluding tert-OH is 5. The molecule has 4 aliphatic heterocycles. The first kappa shape index (κ1) is 62.5. The molecule has 0 amide bonds. The first-order valence-corrected chi connectivity index (χ1v) is 28.7. The molecule has 4 aliphatic carbocycles. The number of methoxy groups -OCH3 is 3. The smallest absolute Gasteiger partial charge is 0.333 e. The van der Waals surface area contributed by atoms with Gasteiger partial charge in [0.15, 0.2) is 25.2 Å². The summed E-state index contributed by atoms with van der Waals surface area (Å²) in [6, 6.07) is 0. The Labute approximate surface area is 465 Å². The van der Waals surface area contributed by atoms with E-state index in [1.807, 2.05) is 27.7 Å². The monoisotopic (exact) mass is 1120 g/mol. The Balaban J connectivity index is 0.878. The lowest BCUT2D eigenvalue weighted by Crippen LogP contribution is -2.67. The summed E-state index contributed by atoms with van der Waals surface area (Å²) in [4.78, 5) is 26.7. The first-order valence-electron chi connectivity index (χ1n) is 28.7. The second kappa shape index (κ2) is 25.4. The Bertz CT molecular complexity index is 2190. The van der Waals surface area contributed by atoms with Crippen LogP contribution < -0.4 is 0 Å². The number of hydrogen-bond acceptors (Lipinski definition) is 21. The van der Waals surface area contributed by atoms with E-state index < -0.39 is 146 Å². The maximum absolute atomic E-state index is 13.7. The molecule has 0 aromatic carbocycles. The molecule has 6 N–H and O–H groups in total. The number of allylic oxidation sites excluding steroid dienone is 3. The average molecular weight is 1130 g/mol. The van der Waals surface area contributed by atoms with Crippen LogP contribution in [0.4, 0.5) is 0 Å². The van der Waals surface area contributed by atoms with Gasteiger partial charge in [0.1, 0.15) is 67.1 Å². The number of aliphatic hydroxyl groups is 6. The molecule has 0 radical (unpaired) electrons. The second-order valence-corrected chi connectivity index (χ2v) is 24.1. The molecule has 79 heavy (non-hydrogen) atoms. The highest BCUT2D eigenvalue weighted by atomic mass is 16.8. The highest BCUT2D eigenvalue weighted by Crippen LogP contribution is 2.69. The van der Waals surface area contributed by atoms with E-state index in [1.165, 1.54) is 12.7 Å². The molecule has 21 nitrogen and oxygen atoms in total. The first-order chi connectivity index (χ1) is 37.4. The molecule has 450 valence electrons. The van der Waals surface area contributed by atoms with Crippen LogP contribution in [0.3, 0.4) is 0 Å². The maximum atomic E-state index is 13.7. The predicted octanol–water partition coefficient (Wildman–Crippen LogP) is 3.83. The van der Waals surface area contributed by atoms with E-state index in [-0.39, 0.29) is 41.7 Å². The zero-order chi connectivity index (χ0) is 57.6. The Hall–Kier alpha value is -2.52. The number of rotatable bonds is 17. The summed E-state index contributed by atoms with van der Waals surface area (Å²) < 4.78 is 80.8. The van der Waals surface area contributed by atoms with E-state index in [4.69, 9.17) is 61.6 Å². The van der Waals surface area contributed by atoms with E-state index in [0.29, 0.717) is 49.7 Å². The molecule has 8 aliphatic rings. The molecule has 0 bridgehead atoms. The summed E-state index contributed by atoms with van der Waals surface area (Å²) in [5.74, 6) is -1.11. The van der Waals surface area contributed by atoms with E-state index in [1.54, 1.807) is 54.1 Å². The number of ether oxygens (including phenoxy) is 13. The van der Waals surface area contributed by atoms with Gasteiger partial charge in [0.2, 0.25) is 0 Å². The van der Waals surface area contributed by atoms with Crippen LogP contribution in [0.25, 0.3) is 0 Å². The molecular weight excluding hydrogens is 1030 g/mol. The molecule has 21 heteroatoms. The van der Waals surface area contributed by atoms with Crippen molar-refractivity contribution in [1.82, 2.24) is 0 Å². The highest BCUT2D eigenvalue weighted by Gasteiger charge is 2.72. The quantitative estimate of drug-likeness (QED) is 0.0686. The Morgan fingerprint density at radius 1 is 0.696 bits per heavy atom. The molecule has 0 spiro atoms. The van der Waals surface area contributed by atoms with Crippen molar-refractivity contribution in [3.05, 3.63) is 34.9 Å². The van der Waals surface area contributed by atoms with Crippen molar-refractivity contribution in [3.63, 3.8) is 0 Å². The normalized spacial score (nSPS) is 48.0. The standard InChI is InChI=1S/C58H92O21/c1-14-27(3)52(64)72-29(5)35-19-21-58(66)36-17-16-33-22-34(18-20-56(33,9)37(36)23-41(57(35,58)10)76-53(65)28(4)15-2)74-42-24-38(67-11)48(30(6)70-42)77-43-25-39(68-12)49(31(7)71-43)78-55-47(63)51(69-13)50(32(8)73-55)79-54-46(62)45(61)44(60)40(26-59)75-54/h14-16,29-32,34-51,54-55,59-63,66H,17-26H2,1-13H3/b27-14+,28-15+/t29-,30+,31+,32+,34-,35+,36+,37-,38-,39+,40+,41+,42-,43-,44+,45-,46+,47+,48-,49-,50+,51-,54-,55-,56-,57-,58-/m0/s1.